The van der Waals surface area contributed by atoms with E-state index in [4.69, 9.17) is 21.3 Å². The Morgan fingerprint density at radius 2 is 1.72 bits per heavy atom. The number of imide groups is 2. The van der Waals surface area contributed by atoms with Crippen molar-refractivity contribution in [2.24, 2.45) is 13.0 Å². The molecular weight excluding hydrogens is 770 g/mol. The molecule has 3 saturated heterocycles. The van der Waals surface area contributed by atoms with Crippen molar-refractivity contribution in [3.63, 3.8) is 0 Å². The van der Waals surface area contributed by atoms with E-state index >= 15 is 0 Å². The number of rotatable bonds is 10. The molecule has 0 radical (unpaired) electrons. The lowest BCUT2D eigenvalue weighted by Crippen LogP contribution is -2.54. The van der Waals surface area contributed by atoms with E-state index in [0.717, 1.165) is 63.6 Å². The monoisotopic (exact) mass is 811 g/mol. The Balaban J connectivity index is 0.859. The van der Waals surface area contributed by atoms with Gasteiger partial charge < -0.3 is 25.2 Å². The lowest BCUT2D eigenvalue weighted by Gasteiger charge is -2.39. The van der Waals surface area contributed by atoms with Crippen LogP contribution < -0.4 is 36.0 Å². The highest BCUT2D eigenvalue weighted by molar-refractivity contribution is 6.33. The average molecular weight is 812 g/mol. The fourth-order valence-corrected chi connectivity index (χ4v) is 8.20. The molecule has 3 aromatic heterocycles. The van der Waals surface area contributed by atoms with Gasteiger partial charge in [0.1, 0.15) is 16.7 Å². The zero-order valence-electron chi connectivity index (χ0n) is 32.0. The molecule has 4 aliphatic heterocycles. The van der Waals surface area contributed by atoms with Crippen molar-refractivity contribution in [3.8, 4) is 5.75 Å². The summed E-state index contributed by atoms with van der Waals surface area (Å²) in [6, 6.07) is 7.61. The average Bonchev–Trinajstić information content (AvgIpc) is 3.48. The number of aryl methyl sites for hydroxylation is 1. The first-order valence-electron chi connectivity index (χ1n) is 19.2. The number of benzene rings is 1. The summed E-state index contributed by atoms with van der Waals surface area (Å²) in [7, 11) is 3.07. The van der Waals surface area contributed by atoms with E-state index in [0.29, 0.717) is 56.2 Å². The van der Waals surface area contributed by atoms with Crippen molar-refractivity contribution in [2.45, 2.75) is 31.7 Å². The first-order chi connectivity index (χ1) is 28.0. The molecule has 0 aliphatic carbocycles. The van der Waals surface area contributed by atoms with Gasteiger partial charge in [-0.15, -0.1) is 0 Å². The van der Waals surface area contributed by atoms with Gasteiger partial charge in [0.2, 0.25) is 17.8 Å². The summed E-state index contributed by atoms with van der Waals surface area (Å²) in [4.78, 5) is 97.2. The van der Waals surface area contributed by atoms with Crippen LogP contribution in [0.4, 0.5) is 23.1 Å². The number of aromatic nitrogens is 4. The van der Waals surface area contributed by atoms with Crippen LogP contribution >= 0.6 is 11.6 Å². The highest BCUT2D eigenvalue weighted by Crippen LogP contribution is 2.36. The van der Waals surface area contributed by atoms with Gasteiger partial charge in [0.15, 0.2) is 18.2 Å². The molecular formula is C39H42ClN11O7. The van der Waals surface area contributed by atoms with Crippen molar-refractivity contribution in [3.05, 3.63) is 69.2 Å². The Hall–Kier alpha value is -6.14. The minimum absolute atomic E-state index is 0.0256. The molecule has 18 nitrogen and oxygen atoms in total. The second-order valence-electron chi connectivity index (χ2n) is 14.8. The number of piperazine rings is 1. The van der Waals surface area contributed by atoms with E-state index in [1.54, 1.807) is 43.7 Å². The first-order valence-corrected chi connectivity index (χ1v) is 19.6. The Bertz CT molecular complexity index is 2390. The molecule has 1 atom stereocenters. The predicted octanol–water partition coefficient (Wildman–Crippen LogP) is 1.69. The van der Waals surface area contributed by atoms with E-state index in [2.05, 4.69) is 40.6 Å². The van der Waals surface area contributed by atoms with Crippen molar-refractivity contribution in [1.29, 1.82) is 0 Å². The number of pyridine rings is 2. The standard InChI is InChI=1S/C39H42ClN11O7/c1-41-31(53)21-58-29-17-23-16-24(18-42-34(23)47(2)37(29)56)44-33-26(40)19-43-39(46-33)50-14-12-48(13-15-50)20-22-8-10-49(11-9-22)27-5-3-4-25-32(27)38(57)51(36(25)55)28-6-7-30(52)45-35(28)54/h3-5,16-19,22,28H,6-15,20-21H2,1-2H3,(H,41,53)(H,43,44,46)(H,45,52,54). The lowest BCUT2D eigenvalue weighted by molar-refractivity contribution is -0.136. The third-order valence-electron chi connectivity index (χ3n) is 11.2. The molecule has 0 spiro atoms. The largest absolute Gasteiger partial charge is 0.478 e. The number of carbonyl (C=O) groups excluding carboxylic acids is 5. The molecule has 8 rings (SSSR count). The first kappa shape index (κ1) is 38.7. The Morgan fingerprint density at radius 1 is 0.948 bits per heavy atom. The van der Waals surface area contributed by atoms with Crippen LogP contribution in [0.3, 0.4) is 0 Å². The third kappa shape index (κ3) is 7.51. The van der Waals surface area contributed by atoms with Gasteiger partial charge in [-0.05, 0) is 49.4 Å². The Morgan fingerprint density at radius 3 is 2.47 bits per heavy atom. The molecule has 7 heterocycles. The van der Waals surface area contributed by atoms with Crippen LogP contribution in [0.25, 0.3) is 11.0 Å². The molecule has 5 amide bonds. The molecule has 4 aromatic rings. The van der Waals surface area contributed by atoms with Crippen LogP contribution in [0.1, 0.15) is 46.4 Å². The maximum Gasteiger partial charge on any atom is 0.294 e. The smallest absolute Gasteiger partial charge is 0.294 e. The number of carbonyl (C=O) groups is 5. The summed E-state index contributed by atoms with van der Waals surface area (Å²) < 4.78 is 6.83. The van der Waals surface area contributed by atoms with Gasteiger partial charge in [-0.2, -0.15) is 4.98 Å². The minimum Gasteiger partial charge on any atom is -0.478 e. The van der Waals surface area contributed by atoms with Crippen molar-refractivity contribution >= 4 is 75.3 Å². The molecule has 4 aliphatic rings. The normalized spacial score (nSPS) is 19.1. The van der Waals surface area contributed by atoms with Crippen LogP contribution in [0, 0.1) is 5.92 Å². The van der Waals surface area contributed by atoms with Gasteiger partial charge in [-0.1, -0.05) is 17.7 Å². The van der Waals surface area contributed by atoms with E-state index < -0.39 is 35.2 Å². The summed E-state index contributed by atoms with van der Waals surface area (Å²) in [5.74, 6) is -0.943. The van der Waals surface area contributed by atoms with Gasteiger partial charge in [0.05, 0.1) is 34.9 Å². The van der Waals surface area contributed by atoms with Crippen LogP contribution in [0.15, 0.2) is 47.5 Å². The highest BCUT2D eigenvalue weighted by atomic mass is 35.5. The van der Waals surface area contributed by atoms with Crippen LogP contribution in [-0.2, 0) is 21.4 Å². The SMILES string of the molecule is CNC(=O)COc1cc2cc(Nc3nc(N4CCN(CC5CCN(c6cccc7c6C(=O)N(C6CCC(=O)NC6=O)C7=O)CC5)CC4)ncc3Cl)cnc2n(C)c1=O. The molecule has 3 N–H and O–H groups in total. The number of hydrogen-bond donors (Lipinski definition) is 3. The predicted molar refractivity (Wildman–Crippen MR) is 214 cm³/mol. The van der Waals surface area contributed by atoms with E-state index in [-0.39, 0.29) is 31.1 Å². The van der Waals surface area contributed by atoms with Crippen molar-refractivity contribution < 1.29 is 28.7 Å². The maximum atomic E-state index is 13.6. The number of piperidine rings is 2. The van der Waals surface area contributed by atoms with Crippen LogP contribution in [0.5, 0.6) is 5.75 Å². The van der Waals surface area contributed by atoms with Gasteiger partial charge in [0, 0.05) is 71.7 Å². The van der Waals surface area contributed by atoms with Gasteiger partial charge in [0.25, 0.3) is 23.3 Å². The summed E-state index contributed by atoms with van der Waals surface area (Å²) in [5, 5.41) is 8.88. The van der Waals surface area contributed by atoms with Crippen molar-refractivity contribution in [2.75, 3.05) is 74.6 Å². The second kappa shape index (κ2) is 16.0. The summed E-state index contributed by atoms with van der Waals surface area (Å²) >= 11 is 6.53. The number of fused-ring (bicyclic) bond motifs is 2. The molecule has 19 heteroatoms. The molecule has 1 unspecified atom stereocenters. The summed E-state index contributed by atoms with van der Waals surface area (Å²) in [6.45, 7) is 5.19. The third-order valence-corrected chi connectivity index (χ3v) is 11.5. The number of ether oxygens (including phenoxy) is 1. The number of amides is 5. The molecule has 302 valence electrons. The fourth-order valence-electron chi connectivity index (χ4n) is 8.06. The topological polar surface area (TPSA) is 204 Å². The molecule has 0 bridgehead atoms. The van der Waals surface area contributed by atoms with E-state index in [9.17, 15) is 28.8 Å². The Kier molecular flexibility index (Phi) is 10.7. The summed E-state index contributed by atoms with van der Waals surface area (Å²) in [6.07, 6.45) is 5.18. The number of hydrogen-bond acceptors (Lipinski definition) is 14. The number of halogens is 1. The number of anilines is 4. The van der Waals surface area contributed by atoms with E-state index in [1.807, 2.05) is 6.07 Å². The Labute approximate surface area is 337 Å². The molecule has 0 saturated carbocycles. The zero-order valence-corrected chi connectivity index (χ0v) is 32.8. The van der Waals surface area contributed by atoms with E-state index in [1.165, 1.54) is 11.6 Å². The van der Waals surface area contributed by atoms with Gasteiger partial charge in [-0.3, -0.25) is 48.5 Å². The number of nitrogens with one attached hydrogen (secondary N) is 3. The maximum absolute atomic E-state index is 13.6. The van der Waals surface area contributed by atoms with Gasteiger partial charge in [-0.25, -0.2) is 9.97 Å². The van der Waals surface area contributed by atoms with Crippen molar-refractivity contribution in [1.82, 2.24) is 40.0 Å². The van der Waals surface area contributed by atoms with Gasteiger partial charge >= 0.3 is 0 Å². The van der Waals surface area contributed by atoms with Crippen LogP contribution in [0.2, 0.25) is 5.02 Å². The molecule has 1 aromatic carbocycles. The highest BCUT2D eigenvalue weighted by Gasteiger charge is 2.46. The molecule has 58 heavy (non-hydrogen) atoms. The zero-order chi connectivity index (χ0) is 40.7. The number of nitrogens with zero attached hydrogens (tertiary/aromatic N) is 8. The molecule has 3 fully saturated rings. The number of likely N-dealkylation sites (N-methyl/N-ethyl adjacent to an activating group) is 1. The van der Waals surface area contributed by atoms with Crippen LogP contribution in [-0.4, -0.2) is 124 Å². The second-order valence-corrected chi connectivity index (χ2v) is 15.2. The quantitative estimate of drug-likeness (QED) is 0.195. The minimum atomic E-state index is -0.999. The fraction of sp³-hybridized carbons (Fsp3) is 0.410. The lowest BCUT2D eigenvalue weighted by atomic mass is 9.94. The summed E-state index contributed by atoms with van der Waals surface area (Å²) in [5.41, 5.74) is 1.94.